The topological polar surface area (TPSA) is 48.6 Å². The smallest absolute Gasteiger partial charge is 0.144 e. The van der Waals surface area contributed by atoms with Gasteiger partial charge in [0, 0.05) is 5.56 Å². The van der Waals surface area contributed by atoms with Gasteiger partial charge in [0.05, 0.1) is 18.7 Å². The summed E-state index contributed by atoms with van der Waals surface area (Å²) >= 11 is -1.23. The predicted octanol–water partition coefficient (Wildman–Crippen LogP) is 3.83. The summed E-state index contributed by atoms with van der Waals surface area (Å²) in [5.41, 5.74) is 3.00. The van der Waals surface area contributed by atoms with Crippen LogP contribution in [0.3, 0.4) is 0 Å². The molecule has 0 saturated heterocycles. The number of benzene rings is 1. The molecule has 3 nitrogen and oxygen atoms in total. The first-order chi connectivity index (χ1) is 8.97. The van der Waals surface area contributed by atoms with Crippen LogP contribution in [0.25, 0.3) is 11.1 Å². The summed E-state index contributed by atoms with van der Waals surface area (Å²) in [5.74, 6) is 0. The van der Waals surface area contributed by atoms with Crippen molar-refractivity contribution in [3.63, 3.8) is 0 Å². The Morgan fingerprint density at radius 3 is 2.63 bits per heavy atom. The van der Waals surface area contributed by atoms with Crippen LogP contribution in [0.4, 0.5) is 0 Å². The van der Waals surface area contributed by atoms with E-state index in [1.165, 1.54) is 0 Å². The van der Waals surface area contributed by atoms with Crippen LogP contribution < -0.4 is 0 Å². The predicted molar refractivity (Wildman–Crippen MR) is 79.6 cm³/mol. The van der Waals surface area contributed by atoms with Crippen LogP contribution >= 0.6 is 0 Å². The Bertz CT molecular complexity index is 556. The number of nitrogens with zero attached hydrogens (tertiary/aromatic N) is 1. The lowest BCUT2D eigenvalue weighted by molar-refractivity contribution is 0.562. The Balaban J connectivity index is 2.18. The SMILES string of the molecule is CC(C)(C)[S@@+]([O-])N=Cc1cccc(-c2ccoc2)c1. The summed E-state index contributed by atoms with van der Waals surface area (Å²) in [4.78, 5) is 0. The zero-order valence-corrected chi connectivity index (χ0v) is 12.1. The molecule has 0 bridgehead atoms. The van der Waals surface area contributed by atoms with E-state index in [1.807, 2.05) is 51.1 Å². The van der Waals surface area contributed by atoms with Crippen molar-refractivity contribution in [3.8, 4) is 11.1 Å². The van der Waals surface area contributed by atoms with Crippen LogP contribution in [0, 0.1) is 0 Å². The molecule has 1 atom stereocenters. The summed E-state index contributed by atoms with van der Waals surface area (Å²) in [6.07, 6.45) is 5.00. The van der Waals surface area contributed by atoms with Crippen LogP contribution in [0.1, 0.15) is 26.3 Å². The molecule has 0 fully saturated rings. The fourth-order valence-corrected chi connectivity index (χ4v) is 2.03. The lowest BCUT2D eigenvalue weighted by atomic mass is 10.1. The summed E-state index contributed by atoms with van der Waals surface area (Å²) < 4.78 is 20.7. The second-order valence-corrected chi connectivity index (χ2v) is 7.17. The van der Waals surface area contributed by atoms with Gasteiger partial charge in [0.15, 0.2) is 0 Å². The van der Waals surface area contributed by atoms with E-state index in [0.29, 0.717) is 0 Å². The molecule has 0 amide bonds. The minimum absolute atomic E-state index is 0.335. The minimum atomic E-state index is -1.23. The molecule has 0 saturated carbocycles. The molecule has 0 aliphatic rings. The van der Waals surface area contributed by atoms with Crippen molar-refractivity contribution in [2.75, 3.05) is 0 Å². The van der Waals surface area contributed by atoms with Crippen LogP contribution in [-0.4, -0.2) is 15.5 Å². The average Bonchev–Trinajstić information content (AvgIpc) is 2.89. The highest BCUT2D eigenvalue weighted by atomic mass is 32.2. The standard InChI is InChI=1S/C15H17NO2S/c1-15(2,3)19(17)16-10-12-5-4-6-13(9-12)14-7-8-18-11-14/h4-11H,1-3H3/t19-/m1/s1. The fraction of sp³-hybridized carbons (Fsp3) is 0.267. The van der Waals surface area contributed by atoms with Crippen molar-refractivity contribution in [3.05, 3.63) is 48.4 Å². The quantitative estimate of drug-likeness (QED) is 0.631. The molecule has 2 rings (SSSR count). The van der Waals surface area contributed by atoms with E-state index in [-0.39, 0.29) is 4.75 Å². The van der Waals surface area contributed by atoms with E-state index in [2.05, 4.69) is 4.40 Å². The van der Waals surface area contributed by atoms with Crippen molar-refractivity contribution in [2.45, 2.75) is 25.5 Å². The van der Waals surface area contributed by atoms with E-state index >= 15 is 0 Å². The van der Waals surface area contributed by atoms with Crippen LogP contribution in [-0.2, 0) is 11.4 Å². The molecule has 1 aromatic carbocycles. The normalized spacial score (nSPS) is 13.9. The van der Waals surface area contributed by atoms with Gasteiger partial charge in [0.2, 0.25) is 0 Å². The molecule has 1 heterocycles. The van der Waals surface area contributed by atoms with Crippen LogP contribution in [0.5, 0.6) is 0 Å². The number of rotatable bonds is 3. The number of furan rings is 1. The Morgan fingerprint density at radius 1 is 1.21 bits per heavy atom. The third-order valence-corrected chi connectivity index (χ3v) is 3.91. The van der Waals surface area contributed by atoms with E-state index in [4.69, 9.17) is 4.42 Å². The molecule has 4 heteroatoms. The van der Waals surface area contributed by atoms with Crippen molar-refractivity contribution in [1.29, 1.82) is 0 Å². The summed E-state index contributed by atoms with van der Waals surface area (Å²) in [6.45, 7) is 5.72. The molecule has 100 valence electrons. The van der Waals surface area contributed by atoms with Gasteiger partial charge in [0.1, 0.15) is 16.1 Å². The molecule has 0 spiro atoms. The molecular formula is C15H17NO2S. The largest absolute Gasteiger partial charge is 0.591 e. The first-order valence-electron chi connectivity index (χ1n) is 6.05. The van der Waals surface area contributed by atoms with E-state index in [1.54, 1.807) is 18.7 Å². The summed E-state index contributed by atoms with van der Waals surface area (Å²) in [6, 6.07) is 9.79. The lowest BCUT2D eigenvalue weighted by Gasteiger charge is -2.17. The summed E-state index contributed by atoms with van der Waals surface area (Å²) in [5, 5.41) is 0. The molecule has 1 aromatic heterocycles. The third-order valence-electron chi connectivity index (χ3n) is 2.56. The fourth-order valence-electron chi connectivity index (χ4n) is 1.49. The van der Waals surface area contributed by atoms with Gasteiger partial charge in [-0.05, 0) is 44.0 Å². The zero-order chi connectivity index (χ0) is 13.9. The van der Waals surface area contributed by atoms with Crippen molar-refractivity contribution >= 4 is 17.6 Å². The van der Waals surface area contributed by atoms with Gasteiger partial charge in [-0.25, -0.2) is 0 Å². The number of hydrogen-bond donors (Lipinski definition) is 0. The molecule has 2 aromatic rings. The van der Waals surface area contributed by atoms with E-state index < -0.39 is 11.4 Å². The molecule has 0 unspecified atom stereocenters. The Kier molecular flexibility index (Phi) is 4.12. The molecule has 0 aliphatic carbocycles. The van der Waals surface area contributed by atoms with Crippen LogP contribution in [0.15, 0.2) is 51.7 Å². The zero-order valence-electron chi connectivity index (χ0n) is 11.3. The Labute approximate surface area is 116 Å². The first-order valence-corrected chi connectivity index (χ1v) is 7.16. The van der Waals surface area contributed by atoms with Crippen LogP contribution in [0.2, 0.25) is 0 Å². The van der Waals surface area contributed by atoms with Crippen molar-refractivity contribution in [1.82, 2.24) is 0 Å². The monoisotopic (exact) mass is 275 g/mol. The molecule has 0 aliphatic heterocycles. The van der Waals surface area contributed by atoms with Gasteiger partial charge in [-0.2, -0.15) is 0 Å². The van der Waals surface area contributed by atoms with E-state index in [0.717, 1.165) is 16.7 Å². The molecule has 0 radical (unpaired) electrons. The minimum Gasteiger partial charge on any atom is -0.591 e. The van der Waals surface area contributed by atoms with Gasteiger partial charge in [-0.3, -0.25) is 0 Å². The van der Waals surface area contributed by atoms with Crippen molar-refractivity contribution < 1.29 is 8.97 Å². The first kappa shape index (κ1) is 13.9. The van der Waals surface area contributed by atoms with Gasteiger partial charge in [-0.15, -0.1) is 0 Å². The van der Waals surface area contributed by atoms with Gasteiger partial charge < -0.3 is 8.97 Å². The molecule has 19 heavy (non-hydrogen) atoms. The van der Waals surface area contributed by atoms with Crippen molar-refractivity contribution in [2.24, 2.45) is 4.40 Å². The van der Waals surface area contributed by atoms with E-state index in [9.17, 15) is 4.55 Å². The highest BCUT2D eigenvalue weighted by Crippen LogP contribution is 2.21. The number of hydrogen-bond acceptors (Lipinski definition) is 3. The maximum Gasteiger partial charge on any atom is 0.144 e. The van der Waals surface area contributed by atoms with Gasteiger partial charge in [0.25, 0.3) is 0 Å². The second-order valence-electron chi connectivity index (χ2n) is 5.23. The summed E-state index contributed by atoms with van der Waals surface area (Å²) in [7, 11) is 0. The maximum atomic E-state index is 11.8. The Morgan fingerprint density at radius 2 is 2.00 bits per heavy atom. The van der Waals surface area contributed by atoms with Gasteiger partial charge in [-0.1, -0.05) is 22.6 Å². The molecule has 0 N–H and O–H groups in total. The molecular weight excluding hydrogens is 258 g/mol. The van der Waals surface area contributed by atoms with Gasteiger partial charge >= 0.3 is 0 Å². The highest BCUT2D eigenvalue weighted by Gasteiger charge is 2.25. The third kappa shape index (κ3) is 3.72. The maximum absolute atomic E-state index is 11.8. The highest BCUT2D eigenvalue weighted by molar-refractivity contribution is 7.91. The Hall–Kier alpha value is -1.52. The lowest BCUT2D eigenvalue weighted by Crippen LogP contribution is -2.25. The average molecular weight is 275 g/mol. The second kappa shape index (κ2) is 5.63.